The van der Waals surface area contributed by atoms with Crippen LogP contribution >= 0.6 is 0 Å². The first-order valence-corrected chi connectivity index (χ1v) is 10.4. The Bertz CT molecular complexity index is 766. The second-order valence-corrected chi connectivity index (χ2v) is 7.77. The minimum Gasteiger partial charge on any atom is -0.475 e. The Morgan fingerprint density at radius 2 is 1.57 bits per heavy atom. The standard InChI is InChI=1S/C16H25N3O2.2C2HF3O2/c20-10-8-18-9-11-21-16(13-18)5-3-7-19(14-16)12-15-4-1-2-6-17-15;2*3-2(4,5)1(6)7/h1-2,4,6,20H,3,5,7-14H2;2*(H,6,7). The summed E-state index contributed by atoms with van der Waals surface area (Å²) in [4.78, 5) is 27.0. The largest absolute Gasteiger partial charge is 0.490 e. The van der Waals surface area contributed by atoms with E-state index < -0.39 is 24.3 Å². The molecule has 1 aromatic rings. The Labute approximate surface area is 196 Å². The Kier molecular flexibility index (Phi) is 11.8. The van der Waals surface area contributed by atoms with Gasteiger partial charge in [-0.15, -0.1) is 0 Å². The van der Waals surface area contributed by atoms with Gasteiger partial charge in [0.15, 0.2) is 0 Å². The molecule has 1 unspecified atom stereocenters. The van der Waals surface area contributed by atoms with Crippen LogP contribution in [0.2, 0.25) is 0 Å². The van der Waals surface area contributed by atoms with Crippen molar-refractivity contribution in [1.29, 1.82) is 0 Å². The highest BCUT2D eigenvalue weighted by molar-refractivity contribution is 5.73. The number of aliphatic hydroxyl groups excluding tert-OH is 1. The topological polar surface area (TPSA) is 123 Å². The quantitative estimate of drug-likeness (QED) is 0.513. The number of alkyl halides is 6. The van der Waals surface area contributed by atoms with Crippen LogP contribution in [0.15, 0.2) is 24.4 Å². The van der Waals surface area contributed by atoms with Gasteiger partial charge in [-0.1, -0.05) is 6.07 Å². The van der Waals surface area contributed by atoms with Gasteiger partial charge < -0.3 is 20.1 Å². The van der Waals surface area contributed by atoms with E-state index in [2.05, 4.69) is 20.9 Å². The number of aromatic nitrogens is 1. The number of ether oxygens (including phenoxy) is 1. The van der Waals surface area contributed by atoms with Gasteiger partial charge in [0.1, 0.15) is 0 Å². The summed E-state index contributed by atoms with van der Waals surface area (Å²) < 4.78 is 69.6. The van der Waals surface area contributed by atoms with Crippen LogP contribution in [0.5, 0.6) is 0 Å². The molecule has 1 atom stereocenters. The molecular weight excluding hydrogens is 492 g/mol. The van der Waals surface area contributed by atoms with Gasteiger partial charge in [-0.2, -0.15) is 26.3 Å². The normalized spacial score (nSPS) is 21.3. The van der Waals surface area contributed by atoms with Crippen molar-refractivity contribution in [2.45, 2.75) is 37.3 Å². The van der Waals surface area contributed by atoms with Gasteiger partial charge in [0, 0.05) is 38.9 Å². The summed E-state index contributed by atoms with van der Waals surface area (Å²) in [5.41, 5.74) is 1.07. The second kappa shape index (κ2) is 13.6. The first-order chi connectivity index (χ1) is 16.2. The lowest BCUT2D eigenvalue weighted by molar-refractivity contribution is -0.193. The number of hydrogen-bond acceptors (Lipinski definition) is 7. The van der Waals surface area contributed by atoms with Gasteiger partial charge in [-0.25, -0.2) is 9.59 Å². The first-order valence-electron chi connectivity index (χ1n) is 10.4. The first kappa shape index (κ1) is 30.5. The fraction of sp³-hybridized carbons (Fsp3) is 0.650. The lowest BCUT2D eigenvalue weighted by atomic mass is 9.90. The smallest absolute Gasteiger partial charge is 0.475 e. The summed E-state index contributed by atoms with van der Waals surface area (Å²) in [6.45, 7) is 6.60. The van der Waals surface area contributed by atoms with Gasteiger partial charge in [-0.3, -0.25) is 14.8 Å². The number of piperidine rings is 1. The van der Waals surface area contributed by atoms with Gasteiger partial charge in [-0.05, 0) is 31.5 Å². The van der Waals surface area contributed by atoms with E-state index in [-0.39, 0.29) is 12.2 Å². The number of rotatable bonds is 4. The van der Waals surface area contributed by atoms with E-state index in [0.29, 0.717) is 0 Å². The van der Waals surface area contributed by atoms with E-state index in [1.165, 1.54) is 6.42 Å². The van der Waals surface area contributed by atoms with Crippen LogP contribution in [-0.4, -0.2) is 106 Å². The summed E-state index contributed by atoms with van der Waals surface area (Å²) in [5.74, 6) is -5.51. The molecule has 9 nitrogen and oxygen atoms in total. The summed E-state index contributed by atoms with van der Waals surface area (Å²) in [7, 11) is 0. The minimum absolute atomic E-state index is 0.0551. The number of aliphatic hydroxyl groups is 1. The van der Waals surface area contributed by atoms with Crippen molar-refractivity contribution < 1.29 is 56.0 Å². The molecule has 15 heteroatoms. The fourth-order valence-corrected chi connectivity index (χ4v) is 3.55. The van der Waals surface area contributed by atoms with Gasteiger partial charge in [0.2, 0.25) is 0 Å². The zero-order chi connectivity index (χ0) is 26.7. The maximum Gasteiger partial charge on any atom is 0.490 e. The number of carboxylic acid groups (broad SMARTS) is 2. The van der Waals surface area contributed by atoms with Crippen LogP contribution in [0, 0.1) is 0 Å². The number of β-amino-alcohol motifs (C(OH)–C–C–N with tert-alkyl or cyclic N) is 1. The molecule has 3 heterocycles. The maximum absolute atomic E-state index is 10.6. The zero-order valence-corrected chi connectivity index (χ0v) is 18.6. The molecule has 2 saturated heterocycles. The number of morpholine rings is 1. The van der Waals surface area contributed by atoms with Crippen LogP contribution in [0.1, 0.15) is 18.5 Å². The van der Waals surface area contributed by atoms with Crippen molar-refractivity contribution in [2.24, 2.45) is 0 Å². The van der Waals surface area contributed by atoms with E-state index >= 15 is 0 Å². The zero-order valence-electron chi connectivity index (χ0n) is 18.6. The number of carbonyl (C=O) groups is 2. The van der Waals surface area contributed by atoms with E-state index in [1.807, 2.05) is 18.3 Å². The summed E-state index contributed by atoms with van der Waals surface area (Å²) >= 11 is 0. The predicted octanol–water partition coefficient (Wildman–Crippen LogP) is 2.01. The highest BCUT2D eigenvalue weighted by atomic mass is 19.4. The third kappa shape index (κ3) is 11.7. The number of hydrogen-bond donors (Lipinski definition) is 3. The molecule has 3 rings (SSSR count). The molecule has 0 bridgehead atoms. The van der Waals surface area contributed by atoms with Crippen LogP contribution in [-0.2, 0) is 20.9 Å². The van der Waals surface area contributed by atoms with E-state index in [4.69, 9.17) is 29.6 Å². The highest BCUT2D eigenvalue weighted by Gasteiger charge is 2.40. The molecule has 0 aromatic carbocycles. The molecule has 0 saturated carbocycles. The number of halogens is 6. The van der Waals surface area contributed by atoms with Crippen LogP contribution in [0.25, 0.3) is 0 Å². The number of pyridine rings is 1. The molecule has 2 fully saturated rings. The van der Waals surface area contributed by atoms with Crippen LogP contribution < -0.4 is 0 Å². The summed E-state index contributed by atoms with van der Waals surface area (Å²) in [6.07, 6.45) is -6.03. The molecule has 200 valence electrons. The number of carboxylic acids is 2. The molecular formula is C20H27F6N3O6. The van der Waals surface area contributed by atoms with Crippen molar-refractivity contribution >= 4 is 11.9 Å². The predicted molar refractivity (Wildman–Crippen MR) is 108 cm³/mol. The molecule has 35 heavy (non-hydrogen) atoms. The van der Waals surface area contributed by atoms with E-state index in [9.17, 15) is 26.3 Å². The van der Waals surface area contributed by atoms with E-state index in [1.54, 1.807) is 0 Å². The summed E-state index contributed by atoms with van der Waals surface area (Å²) in [5, 5.41) is 23.4. The number of aliphatic carboxylic acids is 2. The molecule has 0 amide bonds. The maximum atomic E-state index is 10.6. The van der Waals surface area contributed by atoms with Crippen molar-refractivity contribution in [3.05, 3.63) is 30.1 Å². The SMILES string of the molecule is O=C(O)C(F)(F)F.O=C(O)C(F)(F)F.OCCN1CCOC2(CCCN(Cc3ccccn3)C2)C1. The van der Waals surface area contributed by atoms with Crippen molar-refractivity contribution in [3.63, 3.8) is 0 Å². The lowest BCUT2D eigenvalue weighted by Gasteiger charge is -2.48. The fourth-order valence-electron chi connectivity index (χ4n) is 3.55. The highest BCUT2D eigenvalue weighted by Crippen LogP contribution is 2.29. The average molecular weight is 519 g/mol. The molecule has 2 aliphatic heterocycles. The monoisotopic (exact) mass is 519 g/mol. The van der Waals surface area contributed by atoms with Crippen molar-refractivity contribution in [3.8, 4) is 0 Å². The average Bonchev–Trinajstić information content (AvgIpc) is 2.74. The molecule has 1 spiro atoms. The number of nitrogens with zero attached hydrogens (tertiary/aromatic N) is 3. The Morgan fingerprint density at radius 1 is 1.00 bits per heavy atom. The lowest BCUT2D eigenvalue weighted by Crippen LogP contribution is -2.59. The van der Waals surface area contributed by atoms with Crippen LogP contribution in [0.4, 0.5) is 26.3 Å². The van der Waals surface area contributed by atoms with Gasteiger partial charge in [0.05, 0.1) is 24.5 Å². The van der Waals surface area contributed by atoms with Crippen molar-refractivity contribution in [1.82, 2.24) is 14.8 Å². The Hall–Kier alpha value is -2.49. The Morgan fingerprint density at radius 3 is 2.06 bits per heavy atom. The van der Waals surface area contributed by atoms with Crippen molar-refractivity contribution in [2.75, 3.05) is 45.9 Å². The van der Waals surface area contributed by atoms with Crippen LogP contribution in [0.3, 0.4) is 0 Å². The molecule has 0 radical (unpaired) electrons. The minimum atomic E-state index is -5.08. The van der Waals surface area contributed by atoms with Gasteiger partial charge >= 0.3 is 24.3 Å². The molecule has 0 aliphatic carbocycles. The summed E-state index contributed by atoms with van der Waals surface area (Å²) in [6, 6.07) is 6.08. The third-order valence-corrected chi connectivity index (χ3v) is 4.96. The molecule has 1 aromatic heterocycles. The second-order valence-electron chi connectivity index (χ2n) is 7.77. The van der Waals surface area contributed by atoms with E-state index in [0.717, 1.165) is 58.0 Å². The number of likely N-dealkylation sites (tertiary alicyclic amines) is 1. The Balaban J connectivity index is 0.000000362. The molecule has 3 N–H and O–H groups in total. The third-order valence-electron chi connectivity index (χ3n) is 4.96. The molecule has 2 aliphatic rings. The van der Waals surface area contributed by atoms with Gasteiger partial charge in [0.25, 0.3) is 0 Å².